The van der Waals surface area contributed by atoms with E-state index in [0.717, 1.165) is 34.0 Å². The third-order valence-corrected chi connectivity index (χ3v) is 6.04. The first-order valence-electron chi connectivity index (χ1n) is 8.23. The first kappa shape index (κ1) is 18.4. The Balaban J connectivity index is 1.79. The van der Waals surface area contributed by atoms with Crippen LogP contribution < -0.4 is 9.46 Å². The molecule has 0 radical (unpaired) electrons. The fraction of sp³-hybridized carbons (Fsp3) is 0.263. The van der Waals surface area contributed by atoms with Crippen molar-refractivity contribution in [3.8, 4) is 5.75 Å². The normalized spacial score (nSPS) is 11.8. The van der Waals surface area contributed by atoms with Crippen LogP contribution in [0.5, 0.6) is 5.75 Å². The summed E-state index contributed by atoms with van der Waals surface area (Å²) in [5.41, 5.74) is 3.39. The Morgan fingerprint density at radius 3 is 2.62 bits per heavy atom. The van der Waals surface area contributed by atoms with E-state index in [9.17, 15) is 12.8 Å². The number of fused-ring (bicyclic) bond motifs is 1. The van der Waals surface area contributed by atoms with Crippen molar-refractivity contribution in [1.82, 2.24) is 9.71 Å². The van der Waals surface area contributed by atoms with Crippen LogP contribution in [0.25, 0.3) is 10.9 Å². The summed E-state index contributed by atoms with van der Waals surface area (Å²) in [6.07, 6.45) is 0.526. The van der Waals surface area contributed by atoms with Gasteiger partial charge in [0, 0.05) is 23.1 Å². The van der Waals surface area contributed by atoms with E-state index in [1.165, 1.54) is 12.1 Å². The molecule has 0 aliphatic heterocycles. The zero-order chi connectivity index (χ0) is 18.9. The van der Waals surface area contributed by atoms with E-state index in [1.54, 1.807) is 14.0 Å². The van der Waals surface area contributed by atoms with Gasteiger partial charge in [-0.3, -0.25) is 0 Å². The van der Waals surface area contributed by atoms with Crippen molar-refractivity contribution in [1.29, 1.82) is 0 Å². The SMILES string of the molecule is COc1ccc2[nH]c(C)c(CCNS(=O)(=O)c3ccc(F)cc3C)c2c1. The minimum absolute atomic E-state index is 0.0937. The van der Waals surface area contributed by atoms with Crippen molar-refractivity contribution >= 4 is 20.9 Å². The number of hydrogen-bond acceptors (Lipinski definition) is 3. The second-order valence-corrected chi connectivity index (χ2v) is 7.93. The predicted octanol–water partition coefficient (Wildman–Crippen LogP) is 3.45. The smallest absolute Gasteiger partial charge is 0.240 e. The van der Waals surface area contributed by atoms with Gasteiger partial charge >= 0.3 is 0 Å². The van der Waals surface area contributed by atoms with E-state index in [2.05, 4.69) is 9.71 Å². The Morgan fingerprint density at radius 2 is 1.92 bits per heavy atom. The number of methoxy groups -OCH3 is 1. The molecule has 7 heteroatoms. The van der Waals surface area contributed by atoms with Crippen LogP contribution in [-0.2, 0) is 16.4 Å². The fourth-order valence-corrected chi connectivity index (χ4v) is 4.37. The third kappa shape index (κ3) is 3.59. The standard InChI is InChI=1S/C19H21FN2O3S/c1-12-10-14(20)4-7-19(12)26(23,24)21-9-8-16-13(2)22-18-6-5-15(25-3)11-17(16)18/h4-7,10-11,21-22H,8-9H2,1-3H3. The highest BCUT2D eigenvalue weighted by molar-refractivity contribution is 7.89. The predicted molar refractivity (Wildman–Crippen MR) is 99.6 cm³/mol. The van der Waals surface area contributed by atoms with Crippen LogP contribution in [0.15, 0.2) is 41.3 Å². The molecule has 0 atom stereocenters. The van der Waals surface area contributed by atoms with Gasteiger partial charge in [-0.05, 0) is 67.8 Å². The molecule has 0 saturated heterocycles. The maximum absolute atomic E-state index is 13.2. The molecule has 0 saturated carbocycles. The number of aromatic nitrogens is 1. The Morgan fingerprint density at radius 1 is 1.15 bits per heavy atom. The van der Waals surface area contributed by atoms with Gasteiger partial charge in [-0.15, -0.1) is 0 Å². The molecule has 0 bridgehead atoms. The van der Waals surface area contributed by atoms with E-state index >= 15 is 0 Å². The lowest BCUT2D eigenvalue weighted by atomic mass is 10.1. The van der Waals surface area contributed by atoms with Gasteiger partial charge in [0.05, 0.1) is 12.0 Å². The first-order chi connectivity index (χ1) is 12.3. The second-order valence-electron chi connectivity index (χ2n) is 6.20. The van der Waals surface area contributed by atoms with Crippen molar-refractivity contribution in [3.63, 3.8) is 0 Å². The number of H-pyrrole nitrogens is 1. The molecule has 0 unspecified atom stereocenters. The van der Waals surface area contributed by atoms with Gasteiger partial charge in [0.1, 0.15) is 11.6 Å². The minimum atomic E-state index is -3.69. The molecular weight excluding hydrogens is 355 g/mol. The molecular formula is C19H21FN2O3S. The number of ether oxygens (including phenoxy) is 1. The molecule has 0 amide bonds. The molecule has 2 aromatic carbocycles. The zero-order valence-electron chi connectivity index (χ0n) is 14.9. The Hall–Kier alpha value is -2.38. The molecule has 5 nitrogen and oxygen atoms in total. The molecule has 1 heterocycles. The highest BCUT2D eigenvalue weighted by atomic mass is 32.2. The zero-order valence-corrected chi connectivity index (χ0v) is 15.7. The fourth-order valence-electron chi connectivity index (χ4n) is 3.11. The quantitative estimate of drug-likeness (QED) is 0.692. The Bertz CT molecular complexity index is 1060. The number of benzene rings is 2. The highest BCUT2D eigenvalue weighted by Gasteiger charge is 2.17. The number of halogens is 1. The van der Waals surface area contributed by atoms with Crippen LogP contribution in [0.3, 0.4) is 0 Å². The largest absolute Gasteiger partial charge is 0.497 e. The molecule has 138 valence electrons. The van der Waals surface area contributed by atoms with Gasteiger partial charge in [0.2, 0.25) is 10.0 Å². The van der Waals surface area contributed by atoms with E-state index in [-0.39, 0.29) is 11.4 Å². The van der Waals surface area contributed by atoms with Gasteiger partial charge in [-0.2, -0.15) is 0 Å². The number of sulfonamides is 1. The van der Waals surface area contributed by atoms with Crippen LogP contribution in [0.1, 0.15) is 16.8 Å². The topological polar surface area (TPSA) is 71.2 Å². The number of hydrogen-bond donors (Lipinski definition) is 2. The average molecular weight is 376 g/mol. The van der Waals surface area contributed by atoms with Gasteiger partial charge in [-0.1, -0.05) is 0 Å². The van der Waals surface area contributed by atoms with E-state index in [4.69, 9.17) is 4.74 Å². The maximum atomic E-state index is 13.2. The van der Waals surface area contributed by atoms with Crippen molar-refractivity contribution < 1.29 is 17.5 Å². The van der Waals surface area contributed by atoms with E-state index < -0.39 is 15.8 Å². The van der Waals surface area contributed by atoms with Crippen LogP contribution in [0, 0.1) is 19.7 Å². The van der Waals surface area contributed by atoms with Crippen LogP contribution in [0.2, 0.25) is 0 Å². The lowest BCUT2D eigenvalue weighted by Gasteiger charge is -2.10. The molecule has 1 aromatic heterocycles. The Labute approximate surface area is 152 Å². The van der Waals surface area contributed by atoms with Crippen LogP contribution in [-0.4, -0.2) is 27.1 Å². The van der Waals surface area contributed by atoms with Crippen LogP contribution >= 0.6 is 0 Å². The van der Waals surface area contributed by atoms with Gasteiger partial charge < -0.3 is 9.72 Å². The maximum Gasteiger partial charge on any atom is 0.240 e. The molecule has 26 heavy (non-hydrogen) atoms. The molecule has 3 rings (SSSR count). The van der Waals surface area contributed by atoms with Crippen LogP contribution in [0.4, 0.5) is 4.39 Å². The number of nitrogens with one attached hydrogen (secondary N) is 2. The second kappa shape index (κ2) is 7.09. The van der Waals surface area contributed by atoms with E-state index in [1.807, 2.05) is 25.1 Å². The number of aromatic amines is 1. The molecule has 0 aliphatic rings. The monoisotopic (exact) mass is 376 g/mol. The lowest BCUT2D eigenvalue weighted by Crippen LogP contribution is -2.26. The summed E-state index contributed by atoms with van der Waals surface area (Å²) in [6, 6.07) is 9.41. The highest BCUT2D eigenvalue weighted by Crippen LogP contribution is 2.26. The van der Waals surface area contributed by atoms with Gasteiger partial charge in [0.25, 0.3) is 0 Å². The molecule has 2 N–H and O–H groups in total. The molecule has 3 aromatic rings. The molecule has 0 aliphatic carbocycles. The van der Waals surface area contributed by atoms with Crippen molar-refractivity contribution in [3.05, 3.63) is 59.0 Å². The molecule has 0 spiro atoms. The van der Waals surface area contributed by atoms with Gasteiger partial charge in [-0.25, -0.2) is 17.5 Å². The summed E-state index contributed by atoms with van der Waals surface area (Å²) in [4.78, 5) is 3.39. The lowest BCUT2D eigenvalue weighted by molar-refractivity contribution is 0.415. The van der Waals surface area contributed by atoms with Crippen molar-refractivity contribution in [2.24, 2.45) is 0 Å². The first-order valence-corrected chi connectivity index (χ1v) is 9.71. The third-order valence-electron chi connectivity index (χ3n) is 4.42. The number of aryl methyl sites for hydroxylation is 2. The summed E-state index contributed by atoms with van der Waals surface area (Å²) in [6.45, 7) is 3.78. The van der Waals surface area contributed by atoms with Gasteiger partial charge in [0.15, 0.2) is 0 Å². The summed E-state index contributed by atoms with van der Waals surface area (Å²) in [5, 5.41) is 1.01. The minimum Gasteiger partial charge on any atom is -0.497 e. The summed E-state index contributed by atoms with van der Waals surface area (Å²) < 4.78 is 46.0. The Kier molecular flexibility index (Phi) is 5.02. The molecule has 0 fully saturated rings. The van der Waals surface area contributed by atoms with Crippen molar-refractivity contribution in [2.45, 2.75) is 25.2 Å². The van der Waals surface area contributed by atoms with Crippen molar-refractivity contribution in [2.75, 3.05) is 13.7 Å². The summed E-state index contributed by atoms with van der Waals surface area (Å²) >= 11 is 0. The van der Waals surface area contributed by atoms with E-state index in [0.29, 0.717) is 12.0 Å². The summed E-state index contributed by atoms with van der Waals surface area (Å²) in [7, 11) is -2.08. The average Bonchev–Trinajstić information content (AvgIpc) is 2.89. The number of rotatable bonds is 6. The summed E-state index contributed by atoms with van der Waals surface area (Å²) in [5.74, 6) is 0.296.